The first kappa shape index (κ1) is 10.3. The molecule has 3 nitrogen and oxygen atoms in total. The van der Waals surface area contributed by atoms with Crippen LogP contribution in [0.15, 0.2) is 34.5 Å². The van der Waals surface area contributed by atoms with Gasteiger partial charge in [-0.2, -0.15) is 0 Å². The molecular weight excluding hydrogens is 230 g/mol. The Bertz CT molecular complexity index is 559. The lowest BCUT2D eigenvalue weighted by atomic mass is 10.2. The minimum absolute atomic E-state index is 0.313. The van der Waals surface area contributed by atoms with E-state index in [0.717, 1.165) is 0 Å². The molecule has 0 saturated heterocycles. The third-order valence-corrected chi connectivity index (χ3v) is 3.82. The monoisotopic (exact) mass is 238 g/mol. The maximum Gasteiger partial charge on any atom is 0.176 e. The third-order valence-electron chi connectivity index (χ3n) is 1.91. The van der Waals surface area contributed by atoms with E-state index in [-0.39, 0.29) is 0 Å². The Balaban J connectivity index is 2.68. The maximum atomic E-state index is 11.5. The Labute approximate surface area is 92.3 Å². The molecule has 0 aliphatic carbocycles. The van der Waals surface area contributed by atoms with Crippen LogP contribution in [0.2, 0.25) is 0 Å². The van der Waals surface area contributed by atoms with E-state index in [4.69, 9.17) is 0 Å². The van der Waals surface area contributed by atoms with E-state index in [1.807, 2.05) is 0 Å². The quantitative estimate of drug-likeness (QED) is 0.804. The summed E-state index contributed by atoms with van der Waals surface area (Å²) in [6.45, 7) is 0. The van der Waals surface area contributed by atoms with Crippen LogP contribution < -0.4 is 0 Å². The van der Waals surface area contributed by atoms with E-state index in [0.29, 0.717) is 15.5 Å². The van der Waals surface area contributed by atoms with Crippen molar-refractivity contribution in [2.45, 2.75) is 4.90 Å². The molecule has 5 heteroatoms. The Hall–Kier alpha value is -1.20. The predicted octanol–water partition coefficient (Wildman–Crippen LogP) is 2.01. The lowest BCUT2D eigenvalue weighted by molar-refractivity contribution is 0.602. The summed E-state index contributed by atoms with van der Waals surface area (Å²) in [5, 5.41) is 2.38. The van der Waals surface area contributed by atoms with E-state index in [9.17, 15) is 8.42 Å². The SMILES string of the molecule is CS(=O)(=O)c1ccccc1-c1n[c]cs1. The van der Waals surface area contributed by atoms with Crippen molar-refractivity contribution >= 4 is 21.2 Å². The second-order valence-electron chi connectivity index (χ2n) is 3.05. The smallest absolute Gasteiger partial charge is 0.176 e. The summed E-state index contributed by atoms with van der Waals surface area (Å²) < 4.78 is 23.0. The van der Waals surface area contributed by atoms with Crippen molar-refractivity contribution in [1.29, 1.82) is 0 Å². The van der Waals surface area contributed by atoms with Crippen LogP contribution in [0.3, 0.4) is 0 Å². The summed E-state index contributed by atoms with van der Waals surface area (Å²) >= 11 is 1.38. The van der Waals surface area contributed by atoms with Crippen molar-refractivity contribution in [3.8, 4) is 10.6 Å². The van der Waals surface area contributed by atoms with Crippen molar-refractivity contribution < 1.29 is 8.42 Å². The highest BCUT2D eigenvalue weighted by molar-refractivity contribution is 7.90. The van der Waals surface area contributed by atoms with Crippen LogP contribution in [0.25, 0.3) is 10.6 Å². The average Bonchev–Trinajstić information content (AvgIpc) is 2.69. The molecule has 2 rings (SSSR count). The highest BCUT2D eigenvalue weighted by Crippen LogP contribution is 2.28. The first-order chi connectivity index (χ1) is 7.09. The van der Waals surface area contributed by atoms with Crippen molar-refractivity contribution in [3.63, 3.8) is 0 Å². The van der Waals surface area contributed by atoms with Crippen molar-refractivity contribution in [1.82, 2.24) is 4.98 Å². The number of hydrogen-bond acceptors (Lipinski definition) is 4. The van der Waals surface area contributed by atoms with E-state index in [1.165, 1.54) is 17.6 Å². The molecule has 0 atom stereocenters. The Morgan fingerprint density at radius 2 is 2.07 bits per heavy atom. The molecule has 0 spiro atoms. The topological polar surface area (TPSA) is 47.0 Å². The Morgan fingerprint density at radius 1 is 1.33 bits per heavy atom. The van der Waals surface area contributed by atoms with Gasteiger partial charge >= 0.3 is 0 Å². The summed E-state index contributed by atoms with van der Waals surface area (Å²) in [6, 6.07) is 6.84. The number of rotatable bonds is 2. The fraction of sp³-hybridized carbons (Fsp3) is 0.100. The van der Waals surface area contributed by atoms with Gasteiger partial charge < -0.3 is 0 Å². The number of aromatic nitrogens is 1. The van der Waals surface area contributed by atoms with Gasteiger partial charge in [0.2, 0.25) is 0 Å². The zero-order chi connectivity index (χ0) is 10.9. The molecule has 0 N–H and O–H groups in total. The van der Waals surface area contributed by atoms with Gasteiger partial charge in [-0.05, 0) is 6.07 Å². The average molecular weight is 238 g/mol. The Morgan fingerprint density at radius 3 is 2.67 bits per heavy atom. The molecule has 0 saturated carbocycles. The van der Waals surface area contributed by atoms with Crippen LogP contribution in [0, 0.1) is 6.20 Å². The van der Waals surface area contributed by atoms with Gasteiger partial charge in [-0.25, -0.2) is 13.4 Å². The molecule has 1 aromatic carbocycles. The van der Waals surface area contributed by atoms with Crippen molar-refractivity contribution in [2.75, 3.05) is 6.26 Å². The molecule has 1 heterocycles. The van der Waals surface area contributed by atoms with E-state index in [2.05, 4.69) is 11.2 Å². The minimum Gasteiger partial charge on any atom is -0.234 e. The first-order valence-electron chi connectivity index (χ1n) is 4.20. The van der Waals surface area contributed by atoms with Gasteiger partial charge in [0.1, 0.15) is 11.2 Å². The number of nitrogens with zero attached hydrogens (tertiary/aromatic N) is 1. The number of hydrogen-bond donors (Lipinski definition) is 0. The van der Waals surface area contributed by atoms with Gasteiger partial charge in [0.25, 0.3) is 0 Å². The standard InChI is InChI=1S/C10H8NO2S2/c1-15(12,13)9-5-3-2-4-8(9)10-11-6-7-14-10/h2-5,7H,1H3. The first-order valence-corrected chi connectivity index (χ1v) is 6.97. The molecule has 1 aromatic heterocycles. The number of sulfone groups is 1. The molecule has 0 unspecified atom stereocenters. The minimum atomic E-state index is -3.21. The molecule has 0 bridgehead atoms. The van der Waals surface area contributed by atoms with Crippen LogP contribution >= 0.6 is 11.3 Å². The van der Waals surface area contributed by atoms with Gasteiger partial charge in [-0.3, -0.25) is 0 Å². The van der Waals surface area contributed by atoms with Crippen molar-refractivity contribution in [2.24, 2.45) is 0 Å². The molecule has 0 aliphatic heterocycles. The summed E-state index contributed by atoms with van der Waals surface area (Å²) in [7, 11) is -3.21. The molecule has 0 fully saturated rings. The fourth-order valence-corrected chi connectivity index (χ4v) is 2.87. The van der Waals surface area contributed by atoms with Crippen LogP contribution in [-0.4, -0.2) is 19.7 Å². The summed E-state index contributed by atoms with van der Waals surface area (Å²) in [4.78, 5) is 4.30. The number of benzene rings is 1. The molecular formula is C10H8NO2S2. The zero-order valence-electron chi connectivity index (χ0n) is 7.97. The van der Waals surface area contributed by atoms with Crippen LogP contribution in [-0.2, 0) is 9.84 Å². The Kier molecular flexibility index (Phi) is 2.58. The molecule has 0 amide bonds. The summed E-state index contributed by atoms with van der Waals surface area (Å²) in [5.74, 6) is 0. The zero-order valence-corrected chi connectivity index (χ0v) is 9.60. The molecule has 15 heavy (non-hydrogen) atoms. The van der Waals surface area contributed by atoms with Gasteiger partial charge in [0.15, 0.2) is 9.84 Å². The van der Waals surface area contributed by atoms with E-state index < -0.39 is 9.84 Å². The molecule has 77 valence electrons. The van der Waals surface area contributed by atoms with Gasteiger partial charge in [-0.15, -0.1) is 11.3 Å². The highest BCUT2D eigenvalue weighted by Gasteiger charge is 2.14. The molecule has 2 aromatic rings. The summed E-state index contributed by atoms with van der Waals surface area (Å²) in [5.41, 5.74) is 0.645. The van der Waals surface area contributed by atoms with Crippen LogP contribution in [0.4, 0.5) is 0 Å². The van der Waals surface area contributed by atoms with Gasteiger partial charge in [-0.1, -0.05) is 18.2 Å². The predicted molar refractivity (Wildman–Crippen MR) is 59.5 cm³/mol. The molecule has 0 aliphatic rings. The lowest BCUT2D eigenvalue weighted by Crippen LogP contribution is -1.99. The third kappa shape index (κ3) is 2.08. The summed E-state index contributed by atoms with van der Waals surface area (Å²) in [6.07, 6.45) is 3.88. The number of thiazole rings is 1. The highest BCUT2D eigenvalue weighted by atomic mass is 32.2. The van der Waals surface area contributed by atoms with Crippen LogP contribution in [0.1, 0.15) is 0 Å². The lowest BCUT2D eigenvalue weighted by Gasteiger charge is -2.03. The largest absolute Gasteiger partial charge is 0.234 e. The van der Waals surface area contributed by atoms with Gasteiger partial charge in [0.05, 0.1) is 4.90 Å². The van der Waals surface area contributed by atoms with E-state index >= 15 is 0 Å². The maximum absolute atomic E-state index is 11.5. The fourth-order valence-electron chi connectivity index (χ4n) is 1.28. The van der Waals surface area contributed by atoms with Crippen molar-refractivity contribution in [3.05, 3.63) is 35.8 Å². The second-order valence-corrected chi connectivity index (χ2v) is 5.89. The van der Waals surface area contributed by atoms with E-state index in [1.54, 1.807) is 29.6 Å². The van der Waals surface area contributed by atoms with Gasteiger partial charge in [0, 0.05) is 17.2 Å². The second kappa shape index (κ2) is 3.75. The van der Waals surface area contributed by atoms with Crippen LogP contribution in [0.5, 0.6) is 0 Å². The normalized spacial score (nSPS) is 11.5. The molecule has 1 radical (unpaired) electrons.